The topological polar surface area (TPSA) is 15.3 Å². The second kappa shape index (κ2) is 5.61. The molecule has 2 unspecified atom stereocenters. The maximum absolute atomic E-state index is 6.28. The summed E-state index contributed by atoms with van der Waals surface area (Å²) in [5, 5.41) is 5.23. The van der Waals surface area contributed by atoms with E-state index in [1.807, 2.05) is 18.2 Å². The number of nitrogens with one attached hydrogen (secondary N) is 1. The third kappa shape index (κ3) is 3.08. The Morgan fingerprint density at radius 2 is 1.95 bits per heavy atom. The molecule has 1 heterocycles. The van der Waals surface area contributed by atoms with Gasteiger partial charge < -0.3 is 5.32 Å². The average molecular weight is 299 g/mol. The fourth-order valence-electron chi connectivity index (χ4n) is 2.87. The molecule has 2 nitrogen and oxygen atoms in total. The average Bonchev–Trinajstić information content (AvgIpc) is 3.20. The summed E-state index contributed by atoms with van der Waals surface area (Å²) in [4.78, 5) is 2.51. The van der Waals surface area contributed by atoms with Gasteiger partial charge in [-0.25, -0.2) is 0 Å². The molecule has 4 heteroatoms. The number of nitrogens with zero attached hydrogens (tertiary/aromatic N) is 1. The first-order valence-corrected chi connectivity index (χ1v) is 7.81. The standard InChI is InChI=1S/C15H20Cl2N2/c1-10-7-18-15(11-5-6-11)9-19(10)8-12-13(16)3-2-4-14(12)17/h2-4,10-11,15,18H,5-9H2,1H3. The fourth-order valence-corrected chi connectivity index (χ4v) is 3.39. The number of halogens is 2. The minimum Gasteiger partial charge on any atom is -0.311 e. The molecule has 1 aromatic carbocycles. The summed E-state index contributed by atoms with van der Waals surface area (Å²) < 4.78 is 0. The van der Waals surface area contributed by atoms with Crippen LogP contribution in [0.2, 0.25) is 10.0 Å². The summed E-state index contributed by atoms with van der Waals surface area (Å²) in [6.45, 7) is 5.28. The van der Waals surface area contributed by atoms with Gasteiger partial charge in [-0.05, 0) is 37.8 Å². The molecule has 1 aliphatic heterocycles. The van der Waals surface area contributed by atoms with E-state index in [0.29, 0.717) is 12.1 Å². The lowest BCUT2D eigenvalue weighted by molar-refractivity contribution is 0.125. The van der Waals surface area contributed by atoms with Crippen molar-refractivity contribution in [3.05, 3.63) is 33.8 Å². The van der Waals surface area contributed by atoms with Crippen LogP contribution < -0.4 is 5.32 Å². The van der Waals surface area contributed by atoms with E-state index < -0.39 is 0 Å². The molecule has 0 amide bonds. The Morgan fingerprint density at radius 3 is 2.58 bits per heavy atom. The summed E-state index contributed by atoms with van der Waals surface area (Å²) in [7, 11) is 0. The van der Waals surface area contributed by atoms with Crippen LogP contribution in [0.25, 0.3) is 0 Å². The van der Waals surface area contributed by atoms with Gasteiger partial charge in [-0.15, -0.1) is 0 Å². The van der Waals surface area contributed by atoms with Crippen LogP contribution in [-0.2, 0) is 6.54 Å². The van der Waals surface area contributed by atoms with Gasteiger partial charge in [0.2, 0.25) is 0 Å². The third-order valence-electron chi connectivity index (χ3n) is 4.34. The van der Waals surface area contributed by atoms with Gasteiger partial charge >= 0.3 is 0 Å². The molecule has 19 heavy (non-hydrogen) atoms. The molecule has 2 atom stereocenters. The van der Waals surface area contributed by atoms with E-state index in [1.165, 1.54) is 12.8 Å². The van der Waals surface area contributed by atoms with Crippen LogP contribution in [-0.4, -0.2) is 30.1 Å². The second-order valence-corrected chi connectivity index (χ2v) is 6.65. The van der Waals surface area contributed by atoms with Gasteiger partial charge in [0.25, 0.3) is 0 Å². The van der Waals surface area contributed by atoms with Crippen LogP contribution in [0.15, 0.2) is 18.2 Å². The Hall–Kier alpha value is -0.280. The lowest BCUT2D eigenvalue weighted by Gasteiger charge is -2.39. The number of hydrogen-bond donors (Lipinski definition) is 1. The zero-order chi connectivity index (χ0) is 13.4. The highest BCUT2D eigenvalue weighted by atomic mass is 35.5. The van der Waals surface area contributed by atoms with E-state index in [-0.39, 0.29) is 0 Å². The van der Waals surface area contributed by atoms with Crippen molar-refractivity contribution < 1.29 is 0 Å². The molecule has 1 saturated carbocycles. The lowest BCUT2D eigenvalue weighted by Crippen LogP contribution is -2.55. The van der Waals surface area contributed by atoms with Crippen LogP contribution in [0.1, 0.15) is 25.3 Å². The molecular formula is C15H20Cl2N2. The number of hydrogen-bond acceptors (Lipinski definition) is 2. The first-order valence-electron chi connectivity index (χ1n) is 7.05. The van der Waals surface area contributed by atoms with Gasteiger partial charge in [0.05, 0.1) is 0 Å². The summed E-state index contributed by atoms with van der Waals surface area (Å²) in [6, 6.07) is 6.93. The number of rotatable bonds is 3. The van der Waals surface area contributed by atoms with E-state index in [2.05, 4.69) is 17.1 Å². The van der Waals surface area contributed by atoms with E-state index in [9.17, 15) is 0 Å². The monoisotopic (exact) mass is 298 g/mol. The van der Waals surface area contributed by atoms with Crippen molar-refractivity contribution in [2.45, 2.75) is 38.4 Å². The highest BCUT2D eigenvalue weighted by molar-refractivity contribution is 6.35. The predicted octanol–water partition coefficient (Wildman–Crippen LogP) is 3.57. The van der Waals surface area contributed by atoms with Gasteiger partial charge in [0.15, 0.2) is 0 Å². The molecule has 1 N–H and O–H groups in total. The Kier molecular flexibility index (Phi) is 4.04. The van der Waals surface area contributed by atoms with Gasteiger partial charge in [-0.2, -0.15) is 0 Å². The van der Waals surface area contributed by atoms with Gasteiger partial charge in [-0.3, -0.25) is 4.90 Å². The quantitative estimate of drug-likeness (QED) is 0.918. The Labute approximate surface area is 125 Å². The number of benzene rings is 1. The largest absolute Gasteiger partial charge is 0.311 e. The molecule has 1 aromatic rings. The van der Waals surface area contributed by atoms with Gasteiger partial charge in [-0.1, -0.05) is 29.3 Å². The van der Waals surface area contributed by atoms with Crippen LogP contribution in [0.5, 0.6) is 0 Å². The molecule has 1 aliphatic carbocycles. The molecule has 0 aromatic heterocycles. The van der Waals surface area contributed by atoms with Crippen molar-refractivity contribution in [1.82, 2.24) is 10.2 Å². The van der Waals surface area contributed by atoms with E-state index in [4.69, 9.17) is 23.2 Å². The first-order chi connectivity index (χ1) is 9.15. The van der Waals surface area contributed by atoms with Gasteiger partial charge in [0.1, 0.15) is 0 Å². The molecular weight excluding hydrogens is 279 g/mol. The third-order valence-corrected chi connectivity index (χ3v) is 5.05. The zero-order valence-corrected chi connectivity index (χ0v) is 12.7. The molecule has 1 saturated heterocycles. The molecule has 0 bridgehead atoms. The Morgan fingerprint density at radius 1 is 1.26 bits per heavy atom. The van der Waals surface area contributed by atoms with E-state index in [0.717, 1.165) is 41.2 Å². The lowest BCUT2D eigenvalue weighted by atomic mass is 10.0. The Balaban J connectivity index is 1.73. The van der Waals surface area contributed by atoms with Crippen molar-refractivity contribution in [2.24, 2.45) is 5.92 Å². The minimum atomic E-state index is 0.530. The van der Waals surface area contributed by atoms with Crippen LogP contribution in [0.4, 0.5) is 0 Å². The predicted molar refractivity (Wildman–Crippen MR) is 80.8 cm³/mol. The number of piperazine rings is 1. The maximum atomic E-state index is 6.28. The Bertz CT molecular complexity index is 439. The zero-order valence-electron chi connectivity index (χ0n) is 11.2. The van der Waals surface area contributed by atoms with E-state index in [1.54, 1.807) is 0 Å². The van der Waals surface area contributed by atoms with Crippen LogP contribution in [0, 0.1) is 5.92 Å². The van der Waals surface area contributed by atoms with Gasteiger partial charge in [0, 0.05) is 47.3 Å². The highest BCUT2D eigenvalue weighted by Gasteiger charge is 2.36. The molecule has 0 spiro atoms. The highest BCUT2D eigenvalue weighted by Crippen LogP contribution is 2.35. The smallest absolute Gasteiger partial charge is 0.0465 e. The van der Waals surface area contributed by atoms with Crippen LogP contribution >= 0.6 is 23.2 Å². The van der Waals surface area contributed by atoms with Crippen molar-refractivity contribution in [1.29, 1.82) is 0 Å². The summed E-state index contributed by atoms with van der Waals surface area (Å²) in [5.41, 5.74) is 1.06. The normalized spacial score (nSPS) is 28.6. The van der Waals surface area contributed by atoms with Crippen molar-refractivity contribution in [3.63, 3.8) is 0 Å². The summed E-state index contributed by atoms with van der Waals surface area (Å²) in [5.74, 6) is 0.886. The molecule has 0 radical (unpaired) electrons. The molecule has 104 valence electrons. The maximum Gasteiger partial charge on any atom is 0.0465 e. The van der Waals surface area contributed by atoms with Crippen molar-refractivity contribution >= 4 is 23.2 Å². The molecule has 3 rings (SSSR count). The summed E-state index contributed by atoms with van der Waals surface area (Å²) in [6.07, 6.45) is 2.76. The van der Waals surface area contributed by atoms with Crippen molar-refractivity contribution in [3.8, 4) is 0 Å². The second-order valence-electron chi connectivity index (χ2n) is 5.83. The molecule has 2 fully saturated rings. The SMILES string of the molecule is CC1CNC(C2CC2)CN1Cc1c(Cl)cccc1Cl. The van der Waals surface area contributed by atoms with Crippen LogP contribution in [0.3, 0.4) is 0 Å². The first kappa shape index (κ1) is 13.7. The van der Waals surface area contributed by atoms with E-state index >= 15 is 0 Å². The van der Waals surface area contributed by atoms with Crippen molar-refractivity contribution in [2.75, 3.05) is 13.1 Å². The molecule has 2 aliphatic rings. The summed E-state index contributed by atoms with van der Waals surface area (Å²) >= 11 is 12.6. The fraction of sp³-hybridized carbons (Fsp3) is 0.600. The minimum absolute atomic E-state index is 0.530.